The van der Waals surface area contributed by atoms with Gasteiger partial charge < -0.3 is 4.90 Å². The fourth-order valence-corrected chi connectivity index (χ4v) is 4.49. The van der Waals surface area contributed by atoms with Crippen LogP contribution in [-0.4, -0.2) is 53.2 Å². The van der Waals surface area contributed by atoms with Gasteiger partial charge in [0.05, 0.1) is 0 Å². The van der Waals surface area contributed by atoms with Gasteiger partial charge in [0.15, 0.2) is 0 Å². The maximum absolute atomic E-state index is 12.9. The molecule has 0 spiro atoms. The Bertz CT molecular complexity index is 499. The number of piperidine rings is 1. The molecule has 1 saturated carbocycles. The quantitative estimate of drug-likeness (QED) is 0.756. The summed E-state index contributed by atoms with van der Waals surface area (Å²) in [6, 6.07) is 0.569. The average molecular weight is 365 g/mol. The van der Waals surface area contributed by atoms with Crippen LogP contribution < -0.4 is 0 Å². The Balaban J connectivity index is 1.82. The monoisotopic (exact) mass is 364 g/mol. The van der Waals surface area contributed by atoms with Crippen LogP contribution >= 0.6 is 0 Å². The van der Waals surface area contributed by atoms with Crippen LogP contribution in [0.5, 0.6) is 0 Å². The number of rotatable bonds is 3. The fraction of sp³-hybridized carbons (Fsp3) is 0.909. The molecule has 4 nitrogen and oxygen atoms in total. The molecule has 150 valence electrons. The summed E-state index contributed by atoms with van der Waals surface area (Å²) in [7, 11) is 2.20. The van der Waals surface area contributed by atoms with Crippen molar-refractivity contribution in [2.24, 2.45) is 17.3 Å². The highest BCUT2D eigenvalue weighted by Gasteiger charge is 2.37. The van der Waals surface area contributed by atoms with Gasteiger partial charge in [0.1, 0.15) is 5.78 Å². The van der Waals surface area contributed by atoms with Crippen molar-refractivity contribution in [3.05, 3.63) is 0 Å². The van der Waals surface area contributed by atoms with Crippen LogP contribution in [0.4, 0.5) is 0 Å². The number of amides is 1. The number of carbonyl (C=O) groups excluding carboxylic acids is 2. The molecule has 2 fully saturated rings. The molecule has 2 aliphatic rings. The van der Waals surface area contributed by atoms with Gasteiger partial charge >= 0.3 is 0 Å². The van der Waals surface area contributed by atoms with Crippen LogP contribution in [0.25, 0.3) is 0 Å². The van der Waals surface area contributed by atoms with Crippen molar-refractivity contribution in [3.63, 3.8) is 0 Å². The number of Topliss-reactive ketones (excluding diaryl/α,β-unsaturated/α-hetero) is 1. The molecule has 26 heavy (non-hydrogen) atoms. The normalized spacial score (nSPS) is 26.2. The van der Waals surface area contributed by atoms with Crippen LogP contribution in [-0.2, 0) is 9.59 Å². The number of hydrogen-bond acceptors (Lipinski definition) is 3. The Kier molecular flexibility index (Phi) is 6.58. The van der Waals surface area contributed by atoms with Crippen LogP contribution in [0.3, 0.4) is 0 Å². The zero-order valence-electron chi connectivity index (χ0n) is 18.1. The third kappa shape index (κ3) is 5.09. The second-order valence-electron chi connectivity index (χ2n) is 10.5. The lowest BCUT2D eigenvalue weighted by molar-refractivity contribution is -0.140. The summed E-state index contributed by atoms with van der Waals surface area (Å²) in [5.74, 6) is 0.999. The van der Waals surface area contributed by atoms with Gasteiger partial charge in [-0.3, -0.25) is 14.5 Å². The molecule has 1 amide bonds. The zero-order chi connectivity index (χ0) is 19.7. The average Bonchev–Trinajstić information content (AvgIpc) is 2.58. The molecule has 0 aromatic carbocycles. The number of nitrogens with zero attached hydrogens (tertiary/aromatic N) is 2. The van der Waals surface area contributed by atoms with Crippen molar-refractivity contribution in [1.82, 2.24) is 9.80 Å². The highest BCUT2D eigenvalue weighted by molar-refractivity contribution is 5.86. The molecule has 1 saturated heterocycles. The van der Waals surface area contributed by atoms with Crippen molar-refractivity contribution < 1.29 is 9.59 Å². The first-order valence-electron chi connectivity index (χ1n) is 10.5. The summed E-state index contributed by atoms with van der Waals surface area (Å²) >= 11 is 0. The number of ketones is 1. The summed E-state index contributed by atoms with van der Waals surface area (Å²) < 4.78 is 0. The van der Waals surface area contributed by atoms with E-state index in [0.29, 0.717) is 17.7 Å². The van der Waals surface area contributed by atoms with Gasteiger partial charge in [0, 0.05) is 41.9 Å². The van der Waals surface area contributed by atoms with Gasteiger partial charge in [-0.25, -0.2) is 0 Å². The second-order valence-corrected chi connectivity index (χ2v) is 10.5. The van der Waals surface area contributed by atoms with E-state index >= 15 is 0 Å². The van der Waals surface area contributed by atoms with Crippen molar-refractivity contribution in [2.45, 2.75) is 91.6 Å². The largest absolute Gasteiger partial charge is 0.342 e. The Labute approximate surface area is 160 Å². The Morgan fingerprint density at radius 2 is 1.27 bits per heavy atom. The summed E-state index contributed by atoms with van der Waals surface area (Å²) in [4.78, 5) is 29.9. The molecule has 1 aliphatic heterocycles. The highest BCUT2D eigenvalue weighted by Crippen LogP contribution is 2.35. The Morgan fingerprint density at radius 3 is 1.69 bits per heavy atom. The minimum absolute atomic E-state index is 0.135. The SMILES string of the molecule is CN(C1CCN(C(=O)C2CCC(C(=O)C(C)(C)C)CC2)CC1)C(C)(C)C. The first-order chi connectivity index (χ1) is 11.9. The lowest BCUT2D eigenvalue weighted by Crippen LogP contribution is -2.52. The number of hydrogen-bond donors (Lipinski definition) is 0. The predicted octanol–water partition coefficient (Wildman–Crippen LogP) is 4.13. The first kappa shape index (κ1) is 21.4. The lowest BCUT2D eigenvalue weighted by atomic mass is 9.73. The smallest absolute Gasteiger partial charge is 0.225 e. The van der Waals surface area contributed by atoms with Crippen molar-refractivity contribution in [1.29, 1.82) is 0 Å². The topological polar surface area (TPSA) is 40.6 Å². The van der Waals surface area contributed by atoms with E-state index < -0.39 is 0 Å². The molecule has 0 aromatic heterocycles. The van der Waals surface area contributed by atoms with E-state index in [4.69, 9.17) is 0 Å². The molecule has 4 heteroatoms. The molecule has 0 aromatic rings. The number of carbonyl (C=O) groups is 2. The standard InChI is InChI=1S/C22H40N2O2/c1-21(2,3)19(25)16-8-10-17(11-9-16)20(26)24-14-12-18(13-15-24)23(7)22(4,5)6/h16-18H,8-15H2,1-7H3. The third-order valence-electron chi connectivity index (χ3n) is 6.57. The van der Waals surface area contributed by atoms with Crippen LogP contribution in [0.2, 0.25) is 0 Å². The Hall–Kier alpha value is -0.900. The van der Waals surface area contributed by atoms with Crippen molar-refractivity contribution in [3.8, 4) is 0 Å². The van der Waals surface area contributed by atoms with Gasteiger partial charge in [0.25, 0.3) is 0 Å². The van der Waals surface area contributed by atoms with Gasteiger partial charge in [-0.2, -0.15) is 0 Å². The summed E-state index contributed by atoms with van der Waals surface area (Å²) in [5.41, 5.74) is -0.0860. The maximum Gasteiger partial charge on any atom is 0.225 e. The molecule has 0 atom stereocenters. The zero-order valence-corrected chi connectivity index (χ0v) is 18.1. The molecule has 0 bridgehead atoms. The van der Waals surface area contributed by atoms with E-state index in [0.717, 1.165) is 51.6 Å². The van der Waals surface area contributed by atoms with Crippen LogP contribution in [0.15, 0.2) is 0 Å². The van der Waals surface area contributed by atoms with E-state index in [9.17, 15) is 9.59 Å². The van der Waals surface area contributed by atoms with E-state index in [1.807, 2.05) is 20.8 Å². The van der Waals surface area contributed by atoms with Crippen LogP contribution in [0.1, 0.15) is 80.1 Å². The Morgan fingerprint density at radius 1 is 0.808 bits per heavy atom. The highest BCUT2D eigenvalue weighted by atomic mass is 16.2. The van der Waals surface area contributed by atoms with Crippen molar-refractivity contribution >= 4 is 11.7 Å². The van der Waals surface area contributed by atoms with E-state index in [2.05, 4.69) is 37.6 Å². The molecular formula is C22H40N2O2. The van der Waals surface area contributed by atoms with Crippen molar-refractivity contribution in [2.75, 3.05) is 20.1 Å². The summed E-state index contributed by atoms with van der Waals surface area (Å²) in [6.45, 7) is 14.5. The minimum atomic E-state index is -0.261. The van der Waals surface area contributed by atoms with E-state index in [1.165, 1.54) is 0 Å². The molecule has 0 unspecified atom stereocenters. The van der Waals surface area contributed by atoms with Gasteiger partial charge in [0.2, 0.25) is 5.91 Å². The maximum atomic E-state index is 12.9. The molecule has 0 N–H and O–H groups in total. The van der Waals surface area contributed by atoms with Gasteiger partial charge in [-0.05, 0) is 66.3 Å². The first-order valence-corrected chi connectivity index (χ1v) is 10.5. The third-order valence-corrected chi connectivity index (χ3v) is 6.57. The number of likely N-dealkylation sites (tertiary alicyclic amines) is 1. The summed E-state index contributed by atoms with van der Waals surface area (Å²) in [5, 5.41) is 0. The van der Waals surface area contributed by atoms with Crippen LogP contribution in [0, 0.1) is 17.3 Å². The predicted molar refractivity (Wildman–Crippen MR) is 107 cm³/mol. The van der Waals surface area contributed by atoms with Gasteiger partial charge in [-0.15, -0.1) is 0 Å². The molecule has 0 radical (unpaired) electrons. The molecule has 1 heterocycles. The molecular weight excluding hydrogens is 324 g/mol. The fourth-order valence-electron chi connectivity index (χ4n) is 4.49. The molecule has 1 aliphatic carbocycles. The lowest BCUT2D eigenvalue weighted by Gasteiger charge is -2.44. The van der Waals surface area contributed by atoms with Gasteiger partial charge in [-0.1, -0.05) is 20.8 Å². The van der Waals surface area contributed by atoms with E-state index in [-0.39, 0.29) is 22.8 Å². The minimum Gasteiger partial charge on any atom is -0.342 e. The summed E-state index contributed by atoms with van der Waals surface area (Å²) in [6.07, 6.45) is 5.67. The second kappa shape index (κ2) is 8.00. The molecule has 2 rings (SSSR count). The van der Waals surface area contributed by atoms with E-state index in [1.54, 1.807) is 0 Å².